The van der Waals surface area contributed by atoms with Gasteiger partial charge in [-0.15, -0.1) is 0 Å². The van der Waals surface area contributed by atoms with Crippen LogP contribution in [0.5, 0.6) is 5.75 Å². The topological polar surface area (TPSA) is 13.1 Å². The lowest BCUT2D eigenvalue weighted by atomic mass is 9.43. The highest BCUT2D eigenvalue weighted by atomic mass is 16.5. The maximum Gasteiger partial charge on any atom is 0.514 e. The minimum absolute atomic E-state index is 0.949. The Labute approximate surface area is 152 Å². The first kappa shape index (κ1) is 13.9. The lowest BCUT2D eigenvalue weighted by Crippen LogP contribution is -2.82. The molecule has 2 aliphatic heterocycles. The van der Waals surface area contributed by atoms with Crippen LogP contribution in [0.1, 0.15) is 0 Å². The van der Waals surface area contributed by atoms with Gasteiger partial charge in [0.05, 0.1) is 11.3 Å². The highest BCUT2D eigenvalue weighted by Crippen LogP contribution is 2.36. The molecule has 0 atom stereocenters. The van der Waals surface area contributed by atoms with Crippen molar-refractivity contribution < 1.29 is 9.13 Å². The second-order valence-corrected chi connectivity index (χ2v) is 7.03. The fourth-order valence-electron chi connectivity index (χ4n) is 4.78. The van der Waals surface area contributed by atoms with Gasteiger partial charge in [0.2, 0.25) is 0 Å². The van der Waals surface area contributed by atoms with Crippen molar-refractivity contribution in [3.8, 4) is 28.1 Å². The van der Waals surface area contributed by atoms with E-state index >= 15 is 0 Å². The summed E-state index contributed by atoms with van der Waals surface area (Å²) in [6, 6.07) is 32.0. The molecule has 3 heterocycles. The molecule has 6 rings (SSSR count). The fraction of sp³-hybridized carbons (Fsp3) is 0. The maximum atomic E-state index is 6.89. The van der Waals surface area contributed by atoms with E-state index in [1.165, 1.54) is 27.7 Å². The molecule has 3 aromatic carbocycles. The number of rotatable bonds is 0. The number of benzene rings is 3. The van der Waals surface area contributed by atoms with Gasteiger partial charge in [-0.05, 0) is 29.3 Å². The van der Waals surface area contributed by atoms with Crippen LogP contribution >= 0.6 is 0 Å². The molecule has 0 amide bonds. The van der Waals surface area contributed by atoms with E-state index < -0.39 is 6.48 Å². The Hall–Kier alpha value is -3.33. The van der Waals surface area contributed by atoms with Crippen LogP contribution in [0.2, 0.25) is 0 Å². The molecule has 0 fully saturated rings. The molecule has 26 heavy (non-hydrogen) atoms. The van der Waals surface area contributed by atoms with E-state index in [0.29, 0.717) is 0 Å². The molecule has 0 N–H and O–H groups in total. The van der Waals surface area contributed by atoms with Crippen molar-refractivity contribution in [1.29, 1.82) is 0 Å². The van der Waals surface area contributed by atoms with Crippen molar-refractivity contribution in [2.45, 2.75) is 0 Å². The Kier molecular flexibility index (Phi) is 2.60. The highest BCUT2D eigenvalue weighted by molar-refractivity contribution is 6.95. The van der Waals surface area contributed by atoms with Gasteiger partial charge in [0.1, 0.15) is 6.20 Å². The zero-order valence-corrected chi connectivity index (χ0v) is 14.2. The van der Waals surface area contributed by atoms with Crippen LogP contribution in [0.3, 0.4) is 0 Å². The first-order valence-electron chi connectivity index (χ1n) is 9.03. The number of fused-ring (bicyclic) bond motifs is 9. The molecule has 0 aliphatic carbocycles. The molecular weight excluding hydrogens is 317 g/mol. The van der Waals surface area contributed by atoms with Crippen LogP contribution in [0.25, 0.3) is 22.4 Å². The summed E-state index contributed by atoms with van der Waals surface area (Å²) in [5.41, 5.74) is 7.37. The average Bonchev–Trinajstić information content (AvgIpc) is 3.00. The van der Waals surface area contributed by atoms with Crippen LogP contribution in [-0.2, 0) is 0 Å². The van der Waals surface area contributed by atoms with Crippen LogP contribution < -0.4 is 20.1 Å². The molecule has 122 valence electrons. The minimum Gasteiger partial charge on any atom is -0.651 e. The van der Waals surface area contributed by atoms with Gasteiger partial charge in [-0.3, -0.25) is 0 Å². The summed E-state index contributed by atoms with van der Waals surface area (Å²) in [7, 11) is 0. The van der Waals surface area contributed by atoms with Crippen molar-refractivity contribution >= 4 is 17.4 Å². The predicted octanol–water partition coefficient (Wildman–Crippen LogP) is 3.12. The van der Waals surface area contributed by atoms with Gasteiger partial charge in [-0.2, -0.15) is 0 Å². The molecule has 0 saturated heterocycles. The minimum atomic E-state index is -1.54. The Morgan fingerprint density at radius 1 is 0.577 bits per heavy atom. The zero-order chi connectivity index (χ0) is 17.1. The van der Waals surface area contributed by atoms with Crippen molar-refractivity contribution in [3.05, 3.63) is 97.2 Å². The van der Waals surface area contributed by atoms with Gasteiger partial charge in [0.25, 0.3) is 0 Å². The van der Waals surface area contributed by atoms with Crippen LogP contribution in [0, 0.1) is 0 Å². The Morgan fingerprint density at radius 3 is 1.88 bits per heavy atom. The predicted molar refractivity (Wildman–Crippen MR) is 105 cm³/mol. The summed E-state index contributed by atoms with van der Waals surface area (Å²) < 4.78 is 9.23. The Balaban J connectivity index is 1.79. The fourth-order valence-corrected chi connectivity index (χ4v) is 4.78. The van der Waals surface area contributed by atoms with Crippen molar-refractivity contribution in [1.82, 2.24) is 0 Å². The summed E-state index contributed by atoms with van der Waals surface area (Å²) in [6.07, 6.45) is 2.16. The van der Waals surface area contributed by atoms with Crippen LogP contribution in [0.15, 0.2) is 97.2 Å². The van der Waals surface area contributed by atoms with Gasteiger partial charge < -0.3 is 9.13 Å². The second kappa shape index (κ2) is 4.86. The number of nitrogens with zero attached hydrogens (tertiary/aromatic N) is 1. The normalized spacial score (nSPS) is 14.8. The van der Waals surface area contributed by atoms with Gasteiger partial charge >= 0.3 is 6.48 Å². The van der Waals surface area contributed by atoms with E-state index in [4.69, 9.17) is 4.65 Å². The summed E-state index contributed by atoms with van der Waals surface area (Å²) in [5, 5.41) is 0. The summed E-state index contributed by atoms with van der Waals surface area (Å²) in [4.78, 5) is 0. The van der Waals surface area contributed by atoms with Crippen LogP contribution in [0.4, 0.5) is 0 Å². The Bertz CT molecular complexity index is 1140. The molecule has 3 heteroatoms. The van der Waals surface area contributed by atoms with Crippen molar-refractivity contribution in [2.75, 3.05) is 0 Å². The smallest absolute Gasteiger partial charge is 0.514 e. The van der Waals surface area contributed by atoms with E-state index in [1.54, 1.807) is 0 Å². The molecule has 0 bridgehead atoms. The molecule has 0 unspecified atom stereocenters. The van der Waals surface area contributed by atoms with Gasteiger partial charge in [-0.25, -0.2) is 0 Å². The van der Waals surface area contributed by atoms with E-state index in [0.717, 1.165) is 11.3 Å². The first-order chi connectivity index (χ1) is 12.9. The number of para-hydroxylation sites is 1. The molecule has 0 saturated carbocycles. The zero-order valence-electron chi connectivity index (χ0n) is 14.2. The molecule has 0 radical (unpaired) electrons. The first-order valence-corrected chi connectivity index (χ1v) is 9.03. The third-order valence-electron chi connectivity index (χ3n) is 5.80. The molecule has 2 nitrogen and oxygen atoms in total. The number of hydrogen-bond donors (Lipinski definition) is 0. The maximum absolute atomic E-state index is 6.89. The summed E-state index contributed by atoms with van der Waals surface area (Å²) in [6.45, 7) is -1.54. The van der Waals surface area contributed by atoms with Crippen molar-refractivity contribution in [3.63, 3.8) is 0 Å². The number of pyridine rings is 1. The van der Waals surface area contributed by atoms with Gasteiger partial charge in [-0.1, -0.05) is 77.7 Å². The average molecular weight is 333 g/mol. The lowest BCUT2D eigenvalue weighted by molar-refractivity contribution is -0.542. The Morgan fingerprint density at radius 2 is 1.15 bits per heavy atom. The van der Waals surface area contributed by atoms with E-state index in [1.807, 2.05) is 6.07 Å². The second-order valence-electron chi connectivity index (χ2n) is 7.03. The molecule has 1 spiro atoms. The summed E-state index contributed by atoms with van der Waals surface area (Å²) >= 11 is 0. The third kappa shape index (κ3) is 1.56. The number of hydrogen-bond acceptors (Lipinski definition) is 1. The van der Waals surface area contributed by atoms with E-state index in [2.05, 4.69) is 95.6 Å². The highest BCUT2D eigenvalue weighted by Gasteiger charge is 2.54. The van der Waals surface area contributed by atoms with Crippen molar-refractivity contribution in [2.24, 2.45) is 0 Å². The van der Waals surface area contributed by atoms with E-state index in [9.17, 15) is 0 Å². The number of aromatic nitrogens is 1. The molecule has 2 aliphatic rings. The van der Waals surface area contributed by atoms with E-state index in [-0.39, 0.29) is 0 Å². The van der Waals surface area contributed by atoms with Gasteiger partial charge in [0, 0.05) is 6.07 Å². The molecular formula is C23H16BNO. The SMILES string of the molecule is c1ccc2c(c1)O[B-]1(c3ccccc3-c3ccccc31)[n+]1ccccc1-2. The lowest BCUT2D eigenvalue weighted by Gasteiger charge is -2.39. The largest absolute Gasteiger partial charge is 0.651 e. The third-order valence-corrected chi connectivity index (χ3v) is 5.80. The molecule has 1 aromatic heterocycles. The summed E-state index contributed by atoms with van der Waals surface area (Å²) in [5.74, 6) is 0.949. The monoisotopic (exact) mass is 333 g/mol. The van der Waals surface area contributed by atoms with Gasteiger partial charge in [0.15, 0.2) is 5.69 Å². The molecule has 4 aromatic rings. The van der Waals surface area contributed by atoms with Crippen LogP contribution in [-0.4, -0.2) is 6.48 Å². The standard InChI is InChI=1S/C23H16BNO/c1-4-12-20-17(9-1)18-10-2-5-13-21(18)24(20)25-16-8-7-14-22(25)19-11-3-6-15-23(19)26-24/h1-16H. The quantitative estimate of drug-likeness (QED) is 0.451.